The van der Waals surface area contributed by atoms with Gasteiger partial charge in [-0.25, -0.2) is 9.48 Å². The van der Waals surface area contributed by atoms with Crippen molar-refractivity contribution in [2.75, 3.05) is 19.0 Å². The standard InChI is InChI=1S/C24H26N4O3S/c1-5-31-22(29)20-16(3)25-23-26-24(32-14-17-11-7-6-10-15(17)2)27-28(23)21(20)18-12-8-9-13-19(18)30-4/h6-13,21H,5,14H2,1-4H3,(H,25,26,27). The second-order valence-electron chi connectivity index (χ2n) is 7.41. The van der Waals surface area contributed by atoms with E-state index in [4.69, 9.17) is 19.6 Å². The van der Waals surface area contributed by atoms with Crippen molar-refractivity contribution in [3.05, 3.63) is 76.5 Å². The zero-order valence-corrected chi connectivity index (χ0v) is 19.4. The van der Waals surface area contributed by atoms with Crippen LogP contribution in [0.3, 0.4) is 0 Å². The smallest absolute Gasteiger partial charge is 0.338 e. The molecule has 0 saturated heterocycles. The van der Waals surface area contributed by atoms with Gasteiger partial charge in [0.15, 0.2) is 0 Å². The molecule has 0 aliphatic carbocycles. The zero-order valence-electron chi connectivity index (χ0n) is 18.6. The summed E-state index contributed by atoms with van der Waals surface area (Å²) >= 11 is 1.56. The Morgan fingerprint density at radius 1 is 1.16 bits per heavy atom. The molecule has 0 bridgehead atoms. The monoisotopic (exact) mass is 450 g/mol. The van der Waals surface area contributed by atoms with Crippen molar-refractivity contribution in [2.24, 2.45) is 0 Å². The number of allylic oxidation sites excluding steroid dienone is 1. The summed E-state index contributed by atoms with van der Waals surface area (Å²) in [6.07, 6.45) is 0. The number of para-hydroxylation sites is 1. The molecule has 166 valence electrons. The molecule has 7 nitrogen and oxygen atoms in total. The van der Waals surface area contributed by atoms with Crippen LogP contribution in [0.2, 0.25) is 0 Å². The molecule has 32 heavy (non-hydrogen) atoms. The van der Waals surface area contributed by atoms with Gasteiger partial charge in [-0.2, -0.15) is 4.98 Å². The van der Waals surface area contributed by atoms with Crippen LogP contribution < -0.4 is 10.1 Å². The van der Waals surface area contributed by atoms with E-state index in [0.29, 0.717) is 28.1 Å². The van der Waals surface area contributed by atoms with Gasteiger partial charge in [0.25, 0.3) is 0 Å². The van der Waals surface area contributed by atoms with Crippen molar-refractivity contribution in [3.63, 3.8) is 0 Å². The Bertz CT molecular complexity index is 1170. The number of thioether (sulfide) groups is 1. The Kier molecular flexibility index (Phi) is 6.50. The largest absolute Gasteiger partial charge is 0.496 e. The molecule has 8 heteroatoms. The Morgan fingerprint density at radius 3 is 2.66 bits per heavy atom. The van der Waals surface area contributed by atoms with Crippen molar-refractivity contribution >= 4 is 23.7 Å². The van der Waals surface area contributed by atoms with Gasteiger partial charge in [-0.15, -0.1) is 5.10 Å². The number of benzene rings is 2. The number of rotatable bonds is 7. The van der Waals surface area contributed by atoms with Crippen LogP contribution in [0.15, 0.2) is 65.0 Å². The van der Waals surface area contributed by atoms with E-state index in [-0.39, 0.29) is 12.6 Å². The third-order valence-electron chi connectivity index (χ3n) is 5.38. The number of carbonyl (C=O) groups is 1. The van der Waals surface area contributed by atoms with E-state index in [1.165, 1.54) is 11.1 Å². The molecule has 0 spiro atoms. The maximum atomic E-state index is 12.9. The summed E-state index contributed by atoms with van der Waals surface area (Å²) in [5.74, 6) is 1.62. The molecule has 2 aromatic carbocycles. The molecule has 3 aromatic rings. The lowest BCUT2D eigenvalue weighted by Crippen LogP contribution is -2.30. The number of methoxy groups -OCH3 is 1. The van der Waals surface area contributed by atoms with E-state index in [1.807, 2.05) is 43.3 Å². The van der Waals surface area contributed by atoms with Gasteiger partial charge in [0.05, 0.1) is 19.3 Å². The van der Waals surface area contributed by atoms with Gasteiger partial charge < -0.3 is 14.8 Å². The number of nitrogens with one attached hydrogen (secondary N) is 1. The summed E-state index contributed by atoms with van der Waals surface area (Å²) in [4.78, 5) is 17.6. The van der Waals surface area contributed by atoms with Crippen LogP contribution in [0.5, 0.6) is 5.75 Å². The molecule has 1 aliphatic heterocycles. The number of esters is 1. The fourth-order valence-electron chi connectivity index (χ4n) is 3.76. The Hall–Kier alpha value is -3.26. The van der Waals surface area contributed by atoms with Crippen LogP contribution in [0.1, 0.15) is 36.6 Å². The Morgan fingerprint density at radius 2 is 1.91 bits per heavy atom. The molecule has 1 unspecified atom stereocenters. The van der Waals surface area contributed by atoms with E-state index >= 15 is 0 Å². The van der Waals surface area contributed by atoms with E-state index in [1.54, 1.807) is 30.5 Å². The fraction of sp³-hybridized carbons (Fsp3) is 0.292. The first-order chi connectivity index (χ1) is 15.5. The van der Waals surface area contributed by atoms with E-state index in [0.717, 1.165) is 11.3 Å². The highest BCUT2D eigenvalue weighted by Gasteiger charge is 2.36. The SMILES string of the molecule is CCOC(=O)C1=C(C)Nc2nc(SCc3ccccc3C)nn2C1c1ccccc1OC. The van der Waals surface area contributed by atoms with Gasteiger partial charge in [0.1, 0.15) is 11.8 Å². The molecule has 1 aliphatic rings. The van der Waals surface area contributed by atoms with Gasteiger partial charge in [0, 0.05) is 17.0 Å². The molecular formula is C24H26N4O3S. The number of aromatic nitrogens is 3. The summed E-state index contributed by atoms with van der Waals surface area (Å²) in [7, 11) is 1.62. The van der Waals surface area contributed by atoms with Crippen LogP contribution in [0.25, 0.3) is 0 Å². The molecule has 0 amide bonds. The van der Waals surface area contributed by atoms with Crippen molar-refractivity contribution in [2.45, 2.75) is 37.7 Å². The summed E-state index contributed by atoms with van der Waals surface area (Å²) in [6, 6.07) is 15.4. The first-order valence-electron chi connectivity index (χ1n) is 10.4. The highest BCUT2D eigenvalue weighted by molar-refractivity contribution is 7.98. The number of aryl methyl sites for hydroxylation is 1. The highest BCUT2D eigenvalue weighted by Crippen LogP contribution is 2.40. The minimum absolute atomic E-state index is 0.288. The first kappa shape index (κ1) is 22.0. The van der Waals surface area contributed by atoms with Gasteiger partial charge in [0.2, 0.25) is 11.1 Å². The number of carbonyl (C=O) groups excluding carboxylic acids is 1. The molecule has 0 fully saturated rings. The summed E-state index contributed by atoms with van der Waals surface area (Å²) in [6.45, 7) is 6.03. The molecule has 1 atom stereocenters. The van der Waals surface area contributed by atoms with Crippen LogP contribution in [0.4, 0.5) is 5.95 Å². The van der Waals surface area contributed by atoms with Gasteiger partial charge in [-0.05, 0) is 38.0 Å². The lowest BCUT2D eigenvalue weighted by molar-refractivity contribution is -0.139. The number of hydrogen-bond acceptors (Lipinski definition) is 7. The lowest BCUT2D eigenvalue weighted by Gasteiger charge is -2.28. The van der Waals surface area contributed by atoms with Crippen LogP contribution in [-0.4, -0.2) is 34.5 Å². The van der Waals surface area contributed by atoms with Crippen LogP contribution in [-0.2, 0) is 15.3 Å². The van der Waals surface area contributed by atoms with E-state index in [2.05, 4.69) is 24.4 Å². The van der Waals surface area contributed by atoms with Crippen molar-refractivity contribution in [3.8, 4) is 5.75 Å². The Labute approximate surface area is 191 Å². The normalized spacial score (nSPS) is 15.2. The highest BCUT2D eigenvalue weighted by atomic mass is 32.2. The van der Waals surface area contributed by atoms with Crippen LogP contribution in [0, 0.1) is 6.92 Å². The quantitative estimate of drug-likeness (QED) is 0.411. The minimum Gasteiger partial charge on any atom is -0.496 e. The molecule has 1 N–H and O–H groups in total. The third-order valence-corrected chi connectivity index (χ3v) is 6.27. The summed E-state index contributed by atoms with van der Waals surface area (Å²) in [5, 5.41) is 8.63. The number of nitrogens with zero attached hydrogens (tertiary/aromatic N) is 3. The van der Waals surface area contributed by atoms with Crippen LogP contribution >= 0.6 is 11.8 Å². The molecule has 0 saturated carbocycles. The first-order valence-corrected chi connectivity index (χ1v) is 11.4. The minimum atomic E-state index is -0.512. The average Bonchev–Trinajstić information content (AvgIpc) is 3.20. The lowest BCUT2D eigenvalue weighted by atomic mass is 9.95. The molecule has 0 radical (unpaired) electrons. The van der Waals surface area contributed by atoms with Crippen molar-refractivity contribution < 1.29 is 14.3 Å². The van der Waals surface area contributed by atoms with E-state index < -0.39 is 6.04 Å². The van der Waals surface area contributed by atoms with E-state index in [9.17, 15) is 4.79 Å². The van der Waals surface area contributed by atoms with Crippen molar-refractivity contribution in [1.82, 2.24) is 14.8 Å². The maximum absolute atomic E-state index is 12.9. The molecule has 1 aromatic heterocycles. The molecular weight excluding hydrogens is 424 g/mol. The third kappa shape index (κ3) is 4.23. The van der Waals surface area contributed by atoms with Crippen molar-refractivity contribution in [1.29, 1.82) is 0 Å². The molecule has 4 rings (SSSR count). The molecule has 2 heterocycles. The second-order valence-corrected chi connectivity index (χ2v) is 8.35. The maximum Gasteiger partial charge on any atom is 0.338 e. The summed E-state index contributed by atoms with van der Waals surface area (Å²) < 4.78 is 12.7. The zero-order chi connectivity index (χ0) is 22.7. The second kappa shape index (κ2) is 9.48. The number of anilines is 1. The number of fused-ring (bicyclic) bond motifs is 1. The van der Waals surface area contributed by atoms with Gasteiger partial charge in [-0.1, -0.05) is 54.2 Å². The predicted molar refractivity (Wildman–Crippen MR) is 125 cm³/mol. The van der Waals surface area contributed by atoms with Gasteiger partial charge >= 0.3 is 5.97 Å². The van der Waals surface area contributed by atoms with Gasteiger partial charge in [-0.3, -0.25) is 0 Å². The topological polar surface area (TPSA) is 78.3 Å². The fourth-order valence-corrected chi connectivity index (χ4v) is 4.67. The average molecular weight is 451 g/mol. The number of ether oxygens (including phenoxy) is 2. The Balaban J connectivity index is 1.74. The summed E-state index contributed by atoms with van der Waals surface area (Å²) in [5.41, 5.74) is 4.47. The predicted octanol–water partition coefficient (Wildman–Crippen LogP) is 4.74. The number of hydrogen-bond donors (Lipinski definition) is 1.